The Morgan fingerprint density at radius 2 is 2.13 bits per heavy atom. The Hall–Kier alpha value is -2.47. The van der Waals surface area contributed by atoms with Crippen molar-refractivity contribution in [3.63, 3.8) is 0 Å². The van der Waals surface area contributed by atoms with Crippen LogP contribution in [0.2, 0.25) is 0 Å². The van der Waals surface area contributed by atoms with Gasteiger partial charge in [0.05, 0.1) is 7.11 Å². The van der Waals surface area contributed by atoms with Crippen LogP contribution in [-0.4, -0.2) is 37.4 Å². The minimum Gasteiger partial charge on any atom is -0.492 e. The normalized spacial score (nSPS) is 19.3. The van der Waals surface area contributed by atoms with E-state index in [0.717, 1.165) is 35.7 Å². The van der Waals surface area contributed by atoms with E-state index in [9.17, 15) is 0 Å². The molecule has 3 heterocycles. The predicted octanol–water partition coefficient (Wildman–Crippen LogP) is 2.42. The van der Waals surface area contributed by atoms with Crippen LogP contribution < -0.4 is 19.5 Å². The zero-order valence-corrected chi connectivity index (χ0v) is 13.2. The van der Waals surface area contributed by atoms with E-state index in [0.29, 0.717) is 5.75 Å². The van der Waals surface area contributed by atoms with Crippen LogP contribution in [0.25, 0.3) is 0 Å². The minimum atomic E-state index is 0.00519. The summed E-state index contributed by atoms with van der Waals surface area (Å²) in [6.07, 6.45) is 4.52. The van der Waals surface area contributed by atoms with Gasteiger partial charge < -0.3 is 19.5 Å². The van der Waals surface area contributed by atoms with Gasteiger partial charge in [0.2, 0.25) is 12.5 Å². The van der Waals surface area contributed by atoms with E-state index >= 15 is 0 Å². The van der Waals surface area contributed by atoms with Gasteiger partial charge in [-0.05, 0) is 37.2 Å². The van der Waals surface area contributed by atoms with Gasteiger partial charge in [-0.25, -0.2) is 0 Å². The fraction of sp³-hybridized carbons (Fsp3) is 0.353. The highest BCUT2D eigenvalue weighted by molar-refractivity contribution is 5.63. The summed E-state index contributed by atoms with van der Waals surface area (Å²) in [5.74, 6) is 2.23. The Kier molecular flexibility index (Phi) is 3.46. The lowest BCUT2D eigenvalue weighted by Gasteiger charge is -2.36. The zero-order chi connectivity index (χ0) is 15.8. The molecular formula is C17H19N3O3. The van der Waals surface area contributed by atoms with E-state index < -0.39 is 0 Å². The number of hydrogen-bond acceptors (Lipinski definition) is 6. The standard InChI is InChI=1S/C17H19N3O3/c1-20-8-5-11-9-13-15(23-10-22-13)16(21-2)14(11)17(20)19-12-3-6-18-7-4-12/h3-4,6-7,9,17H,5,8,10H2,1-2H3,(H,18,19)/t17-/m1/s1. The summed E-state index contributed by atoms with van der Waals surface area (Å²) in [5.41, 5.74) is 3.36. The third-order valence-electron chi connectivity index (χ3n) is 4.38. The molecule has 1 aromatic carbocycles. The number of aromatic nitrogens is 1. The number of likely N-dealkylation sites (N-methyl/N-ethyl adjacent to an activating group) is 1. The molecule has 0 aliphatic carbocycles. The van der Waals surface area contributed by atoms with Crippen molar-refractivity contribution < 1.29 is 14.2 Å². The maximum atomic E-state index is 5.69. The van der Waals surface area contributed by atoms with Crippen LogP contribution in [0.5, 0.6) is 17.2 Å². The number of pyridine rings is 1. The third-order valence-corrected chi connectivity index (χ3v) is 4.38. The first kappa shape index (κ1) is 14.1. The van der Waals surface area contributed by atoms with E-state index in [2.05, 4.69) is 28.3 Å². The first-order chi connectivity index (χ1) is 11.3. The van der Waals surface area contributed by atoms with Gasteiger partial charge in [-0.3, -0.25) is 9.88 Å². The van der Waals surface area contributed by atoms with Crippen LogP contribution >= 0.6 is 0 Å². The van der Waals surface area contributed by atoms with Crippen LogP contribution in [0.4, 0.5) is 5.69 Å². The molecule has 6 heteroatoms. The van der Waals surface area contributed by atoms with Crippen molar-refractivity contribution >= 4 is 5.69 Å². The minimum absolute atomic E-state index is 0.00519. The molecule has 6 nitrogen and oxygen atoms in total. The summed E-state index contributed by atoms with van der Waals surface area (Å²) < 4.78 is 16.8. The number of benzene rings is 1. The van der Waals surface area contributed by atoms with Crippen molar-refractivity contribution in [2.24, 2.45) is 0 Å². The molecule has 120 valence electrons. The van der Waals surface area contributed by atoms with Crippen LogP contribution in [0.3, 0.4) is 0 Å². The smallest absolute Gasteiger partial charge is 0.231 e. The monoisotopic (exact) mass is 313 g/mol. The van der Waals surface area contributed by atoms with Crippen molar-refractivity contribution in [1.82, 2.24) is 9.88 Å². The van der Waals surface area contributed by atoms with Gasteiger partial charge in [0.1, 0.15) is 6.17 Å². The number of ether oxygens (including phenoxy) is 3. The summed E-state index contributed by atoms with van der Waals surface area (Å²) in [6, 6.07) is 6.00. The molecule has 1 aromatic heterocycles. The second-order valence-corrected chi connectivity index (χ2v) is 5.73. The lowest BCUT2D eigenvalue weighted by molar-refractivity contribution is 0.170. The predicted molar refractivity (Wildman–Crippen MR) is 86.1 cm³/mol. The number of nitrogens with zero attached hydrogens (tertiary/aromatic N) is 2. The fourth-order valence-electron chi connectivity index (χ4n) is 3.22. The summed E-state index contributed by atoms with van der Waals surface area (Å²) >= 11 is 0. The summed E-state index contributed by atoms with van der Waals surface area (Å²) in [7, 11) is 3.78. The number of anilines is 1. The van der Waals surface area contributed by atoms with Crippen molar-refractivity contribution in [1.29, 1.82) is 0 Å². The van der Waals surface area contributed by atoms with Crippen molar-refractivity contribution in [2.45, 2.75) is 12.6 Å². The molecule has 0 radical (unpaired) electrons. The highest BCUT2D eigenvalue weighted by Gasteiger charge is 2.33. The van der Waals surface area contributed by atoms with E-state index in [-0.39, 0.29) is 13.0 Å². The molecule has 0 bridgehead atoms. The number of hydrogen-bond donors (Lipinski definition) is 1. The van der Waals surface area contributed by atoms with Crippen LogP contribution in [0, 0.1) is 0 Å². The second-order valence-electron chi connectivity index (χ2n) is 5.73. The highest BCUT2D eigenvalue weighted by atomic mass is 16.7. The number of fused-ring (bicyclic) bond motifs is 2. The Bertz CT molecular complexity index is 721. The van der Waals surface area contributed by atoms with Gasteiger partial charge in [-0.1, -0.05) is 0 Å². The molecule has 2 aliphatic rings. The van der Waals surface area contributed by atoms with Crippen molar-refractivity contribution in [3.05, 3.63) is 41.7 Å². The number of nitrogens with one attached hydrogen (secondary N) is 1. The Morgan fingerprint density at radius 1 is 1.30 bits per heavy atom. The van der Waals surface area contributed by atoms with Crippen LogP contribution in [-0.2, 0) is 6.42 Å². The third kappa shape index (κ3) is 2.35. The molecule has 0 fully saturated rings. The average Bonchev–Trinajstić information content (AvgIpc) is 3.04. The van der Waals surface area contributed by atoms with Gasteiger partial charge in [-0.2, -0.15) is 0 Å². The Morgan fingerprint density at radius 3 is 2.91 bits per heavy atom. The molecule has 1 N–H and O–H groups in total. The second kappa shape index (κ2) is 5.62. The molecule has 0 amide bonds. The van der Waals surface area contributed by atoms with E-state index in [1.54, 1.807) is 19.5 Å². The SMILES string of the molecule is COc1c2c(cc3c1[C@H](Nc1ccncc1)N(C)CC3)OCO2. The lowest BCUT2D eigenvalue weighted by Crippen LogP contribution is -2.37. The highest BCUT2D eigenvalue weighted by Crippen LogP contribution is 2.49. The molecule has 0 unspecified atom stereocenters. The Labute approximate surface area is 135 Å². The average molecular weight is 313 g/mol. The van der Waals surface area contributed by atoms with Gasteiger partial charge >= 0.3 is 0 Å². The molecule has 0 saturated heterocycles. The molecular weight excluding hydrogens is 294 g/mol. The topological polar surface area (TPSA) is 55.9 Å². The van der Waals surface area contributed by atoms with Crippen molar-refractivity contribution in [2.75, 3.05) is 32.8 Å². The fourth-order valence-corrected chi connectivity index (χ4v) is 3.22. The number of rotatable bonds is 3. The quantitative estimate of drug-likeness (QED) is 0.939. The van der Waals surface area contributed by atoms with Crippen LogP contribution in [0.1, 0.15) is 17.3 Å². The van der Waals surface area contributed by atoms with Gasteiger partial charge in [0, 0.05) is 30.2 Å². The maximum Gasteiger partial charge on any atom is 0.231 e. The molecule has 23 heavy (non-hydrogen) atoms. The molecule has 4 rings (SSSR count). The van der Waals surface area contributed by atoms with Gasteiger partial charge in [0.15, 0.2) is 11.5 Å². The maximum absolute atomic E-state index is 5.69. The van der Waals surface area contributed by atoms with Gasteiger partial charge in [-0.15, -0.1) is 0 Å². The zero-order valence-electron chi connectivity index (χ0n) is 13.2. The summed E-state index contributed by atoms with van der Waals surface area (Å²) in [5, 5.41) is 3.56. The Balaban J connectivity index is 1.80. The number of methoxy groups -OCH3 is 1. The van der Waals surface area contributed by atoms with Crippen LogP contribution in [0.15, 0.2) is 30.6 Å². The van der Waals surface area contributed by atoms with E-state index in [1.165, 1.54) is 5.56 Å². The molecule has 0 saturated carbocycles. The van der Waals surface area contributed by atoms with Gasteiger partial charge in [0.25, 0.3) is 0 Å². The molecule has 0 spiro atoms. The first-order valence-electron chi connectivity index (χ1n) is 7.64. The molecule has 2 aliphatic heterocycles. The van der Waals surface area contributed by atoms with E-state index in [4.69, 9.17) is 14.2 Å². The van der Waals surface area contributed by atoms with E-state index in [1.807, 2.05) is 12.1 Å². The molecule has 1 atom stereocenters. The summed E-state index contributed by atoms with van der Waals surface area (Å²) in [4.78, 5) is 6.34. The van der Waals surface area contributed by atoms with Crippen molar-refractivity contribution in [3.8, 4) is 17.2 Å². The summed E-state index contributed by atoms with van der Waals surface area (Å²) in [6.45, 7) is 1.20. The lowest BCUT2D eigenvalue weighted by atomic mass is 9.95. The first-order valence-corrected chi connectivity index (χ1v) is 7.64. The largest absolute Gasteiger partial charge is 0.492 e. The molecule has 2 aromatic rings.